The highest BCUT2D eigenvalue weighted by atomic mass is 16.3. The molecule has 1 saturated carbocycles. The molecule has 1 aliphatic heterocycles. The molecule has 6 nitrogen and oxygen atoms in total. The van der Waals surface area contributed by atoms with Crippen LogP contribution < -0.4 is 0 Å². The summed E-state index contributed by atoms with van der Waals surface area (Å²) < 4.78 is 1.78. The number of rotatable bonds is 3. The van der Waals surface area contributed by atoms with Gasteiger partial charge >= 0.3 is 0 Å². The molecule has 2 aliphatic rings. The smallest absolute Gasteiger partial charge is 0.256 e. The number of aliphatic hydroxyl groups is 1. The Labute approximate surface area is 153 Å². The molecule has 1 aromatic carbocycles. The van der Waals surface area contributed by atoms with Gasteiger partial charge in [0.25, 0.3) is 5.91 Å². The van der Waals surface area contributed by atoms with Crippen molar-refractivity contribution in [3.8, 4) is 5.69 Å². The SMILES string of the molecule is Cc1ccc(-n2cnnc2)c(C(=O)N2CC[C@@H](O)[C@H](C3CCCC3)C2)c1. The highest BCUT2D eigenvalue weighted by Crippen LogP contribution is 2.36. The molecule has 0 radical (unpaired) electrons. The van der Waals surface area contributed by atoms with E-state index in [1.165, 1.54) is 25.7 Å². The molecule has 2 fully saturated rings. The molecular formula is C20H26N4O2. The van der Waals surface area contributed by atoms with Gasteiger partial charge in [0.2, 0.25) is 0 Å². The summed E-state index contributed by atoms with van der Waals surface area (Å²) in [5, 5.41) is 18.2. The van der Waals surface area contributed by atoms with Crippen molar-refractivity contribution in [2.45, 2.75) is 45.1 Å². The Morgan fingerprint density at radius 2 is 1.88 bits per heavy atom. The van der Waals surface area contributed by atoms with Gasteiger partial charge in [0, 0.05) is 19.0 Å². The van der Waals surface area contributed by atoms with Crippen LogP contribution in [0.5, 0.6) is 0 Å². The zero-order valence-corrected chi connectivity index (χ0v) is 15.2. The molecule has 0 bridgehead atoms. The Morgan fingerprint density at radius 3 is 2.62 bits per heavy atom. The Morgan fingerprint density at radius 1 is 1.15 bits per heavy atom. The van der Waals surface area contributed by atoms with Crippen molar-refractivity contribution >= 4 is 5.91 Å². The van der Waals surface area contributed by atoms with Crippen LogP contribution in [0.1, 0.15) is 48.0 Å². The van der Waals surface area contributed by atoms with E-state index in [4.69, 9.17) is 0 Å². The van der Waals surface area contributed by atoms with E-state index in [0.29, 0.717) is 31.0 Å². The van der Waals surface area contributed by atoms with Gasteiger partial charge in [-0.25, -0.2) is 0 Å². The van der Waals surface area contributed by atoms with Gasteiger partial charge in [0.05, 0.1) is 17.4 Å². The molecule has 1 aromatic heterocycles. The Balaban J connectivity index is 1.60. The van der Waals surface area contributed by atoms with E-state index in [9.17, 15) is 9.90 Å². The van der Waals surface area contributed by atoms with Crippen LogP contribution in [0.15, 0.2) is 30.9 Å². The third kappa shape index (κ3) is 3.26. The number of benzene rings is 1. The summed E-state index contributed by atoms with van der Waals surface area (Å²) >= 11 is 0. The lowest BCUT2D eigenvalue weighted by molar-refractivity contribution is 0.00302. The van der Waals surface area contributed by atoms with Gasteiger partial charge in [-0.15, -0.1) is 10.2 Å². The fraction of sp³-hybridized carbons (Fsp3) is 0.550. The molecule has 6 heteroatoms. The predicted octanol–water partition coefficient (Wildman–Crippen LogP) is 2.59. The molecule has 4 rings (SSSR count). The molecule has 138 valence electrons. The average molecular weight is 354 g/mol. The fourth-order valence-corrected chi connectivity index (χ4v) is 4.54. The number of aliphatic hydroxyl groups excluding tert-OH is 1. The highest BCUT2D eigenvalue weighted by molar-refractivity contribution is 5.98. The molecule has 1 N–H and O–H groups in total. The minimum atomic E-state index is -0.281. The molecule has 0 spiro atoms. The summed E-state index contributed by atoms with van der Waals surface area (Å²) in [6.45, 7) is 3.26. The summed E-state index contributed by atoms with van der Waals surface area (Å²) in [5.74, 6) is 0.793. The van der Waals surface area contributed by atoms with Crippen molar-refractivity contribution in [2.24, 2.45) is 11.8 Å². The van der Waals surface area contributed by atoms with Gasteiger partial charge in [0.15, 0.2) is 0 Å². The number of nitrogens with zero attached hydrogens (tertiary/aromatic N) is 4. The summed E-state index contributed by atoms with van der Waals surface area (Å²) in [6.07, 6.45) is 8.47. The van der Waals surface area contributed by atoms with E-state index in [1.807, 2.05) is 30.0 Å². The van der Waals surface area contributed by atoms with Crippen molar-refractivity contribution in [2.75, 3.05) is 13.1 Å². The summed E-state index contributed by atoms with van der Waals surface area (Å²) in [6, 6.07) is 5.87. The molecule has 0 unspecified atom stereocenters. The lowest BCUT2D eigenvalue weighted by Gasteiger charge is -2.39. The highest BCUT2D eigenvalue weighted by Gasteiger charge is 2.37. The normalized spacial score (nSPS) is 24.2. The van der Waals surface area contributed by atoms with Crippen LogP contribution in [0.2, 0.25) is 0 Å². The third-order valence-corrected chi connectivity index (χ3v) is 5.99. The van der Waals surface area contributed by atoms with Gasteiger partial charge in [-0.3, -0.25) is 9.36 Å². The van der Waals surface area contributed by atoms with E-state index in [-0.39, 0.29) is 17.9 Å². The maximum atomic E-state index is 13.3. The Hall–Kier alpha value is -2.21. The van der Waals surface area contributed by atoms with Crippen LogP contribution in [0.4, 0.5) is 0 Å². The van der Waals surface area contributed by atoms with Crippen LogP contribution in [-0.2, 0) is 0 Å². The molecule has 1 amide bonds. The third-order valence-electron chi connectivity index (χ3n) is 5.99. The largest absolute Gasteiger partial charge is 0.393 e. The van der Waals surface area contributed by atoms with Crippen LogP contribution in [0.3, 0.4) is 0 Å². The number of hydrogen-bond acceptors (Lipinski definition) is 4. The van der Waals surface area contributed by atoms with Gasteiger partial charge < -0.3 is 10.0 Å². The Bertz CT molecular complexity index is 768. The first-order chi connectivity index (χ1) is 12.6. The standard InChI is InChI=1S/C20H26N4O2/c1-14-6-7-18(24-12-21-22-13-24)16(10-14)20(26)23-9-8-19(25)17(11-23)15-4-2-3-5-15/h6-7,10,12-13,15,17,19,25H,2-5,8-9,11H2,1H3/t17-,19+/m0/s1. The minimum Gasteiger partial charge on any atom is -0.393 e. The van der Waals surface area contributed by atoms with Crippen LogP contribution in [0, 0.1) is 18.8 Å². The number of aryl methyl sites for hydroxylation is 1. The average Bonchev–Trinajstić information content (AvgIpc) is 3.35. The number of likely N-dealkylation sites (tertiary alicyclic amines) is 1. The number of aromatic nitrogens is 3. The van der Waals surface area contributed by atoms with Gasteiger partial charge in [0.1, 0.15) is 12.7 Å². The van der Waals surface area contributed by atoms with Crippen LogP contribution in [0.25, 0.3) is 5.69 Å². The molecule has 1 aliphatic carbocycles. The fourth-order valence-electron chi connectivity index (χ4n) is 4.54. The zero-order chi connectivity index (χ0) is 18.1. The number of amides is 1. The first-order valence-corrected chi connectivity index (χ1v) is 9.56. The molecule has 2 aromatic rings. The molecule has 2 heterocycles. The summed E-state index contributed by atoms with van der Waals surface area (Å²) in [5.41, 5.74) is 2.52. The van der Waals surface area contributed by atoms with Crippen molar-refractivity contribution < 1.29 is 9.90 Å². The number of carbonyl (C=O) groups excluding carboxylic acids is 1. The predicted molar refractivity (Wildman–Crippen MR) is 98.1 cm³/mol. The van der Waals surface area contributed by atoms with Crippen LogP contribution in [-0.4, -0.2) is 49.9 Å². The van der Waals surface area contributed by atoms with Crippen molar-refractivity contribution in [1.29, 1.82) is 0 Å². The van der Waals surface area contributed by atoms with E-state index in [0.717, 1.165) is 11.3 Å². The Kier molecular flexibility index (Phi) is 4.76. The molecular weight excluding hydrogens is 328 g/mol. The first-order valence-electron chi connectivity index (χ1n) is 9.56. The topological polar surface area (TPSA) is 71.2 Å². The second-order valence-corrected chi connectivity index (χ2v) is 7.71. The summed E-state index contributed by atoms with van der Waals surface area (Å²) in [4.78, 5) is 15.3. The molecule has 1 saturated heterocycles. The number of piperidine rings is 1. The maximum absolute atomic E-state index is 13.3. The van der Waals surface area contributed by atoms with Gasteiger partial charge in [-0.1, -0.05) is 37.3 Å². The monoisotopic (exact) mass is 354 g/mol. The minimum absolute atomic E-state index is 0.0345. The number of hydrogen-bond donors (Lipinski definition) is 1. The lowest BCUT2D eigenvalue weighted by atomic mass is 9.82. The number of carbonyl (C=O) groups is 1. The van der Waals surface area contributed by atoms with E-state index < -0.39 is 0 Å². The van der Waals surface area contributed by atoms with Gasteiger partial charge in [-0.05, 0) is 31.4 Å². The first kappa shape index (κ1) is 17.2. The maximum Gasteiger partial charge on any atom is 0.256 e. The quantitative estimate of drug-likeness (QED) is 0.920. The van der Waals surface area contributed by atoms with Crippen molar-refractivity contribution in [3.63, 3.8) is 0 Å². The van der Waals surface area contributed by atoms with E-state index in [1.54, 1.807) is 17.2 Å². The van der Waals surface area contributed by atoms with Gasteiger partial charge in [-0.2, -0.15) is 0 Å². The van der Waals surface area contributed by atoms with Crippen LogP contribution >= 0.6 is 0 Å². The lowest BCUT2D eigenvalue weighted by Crippen LogP contribution is -2.48. The van der Waals surface area contributed by atoms with E-state index >= 15 is 0 Å². The zero-order valence-electron chi connectivity index (χ0n) is 15.2. The second kappa shape index (κ2) is 7.19. The second-order valence-electron chi connectivity index (χ2n) is 7.71. The van der Waals surface area contributed by atoms with Crippen molar-refractivity contribution in [1.82, 2.24) is 19.7 Å². The van der Waals surface area contributed by atoms with E-state index in [2.05, 4.69) is 10.2 Å². The molecule has 26 heavy (non-hydrogen) atoms. The molecule has 2 atom stereocenters. The van der Waals surface area contributed by atoms with Crippen molar-refractivity contribution in [3.05, 3.63) is 42.0 Å². The summed E-state index contributed by atoms with van der Waals surface area (Å²) in [7, 11) is 0.